The smallest absolute Gasteiger partial charge is 0.480 e. The Hall–Kier alpha value is -3.04. The average molecular weight is 383 g/mol. The molecular formula is C17H16F3N3O4. The molecule has 10 heteroatoms. The number of hydrogen-bond acceptors (Lipinski definition) is 6. The van der Waals surface area contributed by atoms with Crippen molar-refractivity contribution in [1.82, 2.24) is 15.1 Å². The molecule has 1 aliphatic rings. The third-order valence-corrected chi connectivity index (χ3v) is 3.89. The molecule has 1 atom stereocenters. The summed E-state index contributed by atoms with van der Waals surface area (Å²) in [5.41, 5.74) is -0.153. The van der Waals surface area contributed by atoms with Gasteiger partial charge < -0.3 is 19.1 Å². The topological polar surface area (TPSA) is 73.8 Å². The van der Waals surface area contributed by atoms with E-state index in [2.05, 4.69) is 14.9 Å². The lowest BCUT2D eigenvalue weighted by Gasteiger charge is -2.19. The lowest BCUT2D eigenvalue weighted by atomic mass is 10.2. The van der Waals surface area contributed by atoms with Crippen molar-refractivity contribution in [3.63, 3.8) is 0 Å². The van der Waals surface area contributed by atoms with Crippen LogP contribution >= 0.6 is 0 Å². The molecule has 7 nitrogen and oxygen atoms in total. The molecule has 144 valence electrons. The van der Waals surface area contributed by atoms with E-state index in [0.29, 0.717) is 18.8 Å². The summed E-state index contributed by atoms with van der Waals surface area (Å²) in [5.74, 6) is -0.468. The molecule has 1 aromatic heterocycles. The summed E-state index contributed by atoms with van der Waals surface area (Å²) in [6.45, 7) is 0.556. The van der Waals surface area contributed by atoms with Gasteiger partial charge in [0, 0.05) is 25.1 Å². The van der Waals surface area contributed by atoms with Gasteiger partial charge in [0.25, 0.3) is 5.91 Å². The van der Waals surface area contributed by atoms with Crippen LogP contribution in [-0.2, 0) is 0 Å². The van der Waals surface area contributed by atoms with E-state index in [1.54, 1.807) is 12.1 Å². The zero-order valence-corrected chi connectivity index (χ0v) is 14.3. The normalized spacial score (nSPS) is 16.9. The van der Waals surface area contributed by atoms with E-state index in [9.17, 15) is 18.0 Å². The lowest BCUT2D eigenvalue weighted by Crippen LogP contribution is -2.32. The molecule has 27 heavy (non-hydrogen) atoms. The Morgan fingerprint density at radius 3 is 2.52 bits per heavy atom. The number of carbonyl (C=O) groups excluding carboxylic acids is 1. The minimum absolute atomic E-state index is 0.153. The van der Waals surface area contributed by atoms with E-state index < -0.39 is 18.0 Å². The number of amides is 1. The van der Waals surface area contributed by atoms with Gasteiger partial charge in [-0.15, -0.1) is 23.4 Å². The first kappa shape index (κ1) is 18.7. The number of nitrogens with zero attached hydrogens (tertiary/aromatic N) is 3. The van der Waals surface area contributed by atoms with Crippen molar-refractivity contribution in [3.8, 4) is 17.5 Å². The van der Waals surface area contributed by atoms with E-state index in [0.717, 1.165) is 6.07 Å². The molecular weight excluding hydrogens is 367 g/mol. The second-order valence-corrected chi connectivity index (χ2v) is 5.74. The number of carbonyl (C=O) groups is 1. The molecule has 2 heterocycles. The summed E-state index contributed by atoms with van der Waals surface area (Å²) in [7, 11) is 1.46. The Balaban J connectivity index is 1.65. The van der Waals surface area contributed by atoms with Crippen LogP contribution in [0.15, 0.2) is 36.4 Å². The van der Waals surface area contributed by atoms with Crippen molar-refractivity contribution < 1.29 is 32.2 Å². The molecule has 2 aromatic rings. The first-order chi connectivity index (χ1) is 12.9. The van der Waals surface area contributed by atoms with Crippen LogP contribution in [0, 0.1) is 0 Å². The van der Waals surface area contributed by atoms with Gasteiger partial charge in [-0.1, -0.05) is 12.1 Å². The van der Waals surface area contributed by atoms with Crippen molar-refractivity contribution >= 4 is 5.91 Å². The number of hydrogen-bond donors (Lipinski definition) is 0. The summed E-state index contributed by atoms with van der Waals surface area (Å²) in [6, 6.07) is 8.43. The maximum atomic E-state index is 12.6. The number of aromatic nitrogens is 2. The highest BCUT2D eigenvalue weighted by atomic mass is 19.4. The van der Waals surface area contributed by atoms with Crippen LogP contribution in [0.5, 0.6) is 17.5 Å². The number of benzene rings is 1. The minimum Gasteiger partial charge on any atom is -0.480 e. The number of ether oxygens (including phenoxy) is 3. The van der Waals surface area contributed by atoms with Gasteiger partial charge >= 0.3 is 6.36 Å². The van der Waals surface area contributed by atoms with Gasteiger partial charge in [-0.05, 0) is 12.1 Å². The Morgan fingerprint density at radius 2 is 1.85 bits per heavy atom. The van der Waals surface area contributed by atoms with Gasteiger partial charge in [-0.2, -0.15) is 0 Å². The van der Waals surface area contributed by atoms with Crippen molar-refractivity contribution in [2.24, 2.45) is 0 Å². The standard InChI is InChI=1S/C17H16F3N3O4/c1-25-14-6-7-15(22-21-14)26-11-8-9-23(10-11)16(24)12-4-2-3-5-13(12)27-17(18,19)20/h2-7,11H,8-10H2,1H3. The van der Waals surface area contributed by atoms with E-state index in [-0.39, 0.29) is 24.1 Å². The van der Waals surface area contributed by atoms with Crippen LogP contribution in [0.1, 0.15) is 16.8 Å². The molecule has 0 N–H and O–H groups in total. The van der Waals surface area contributed by atoms with Crippen LogP contribution in [0.3, 0.4) is 0 Å². The Bertz CT molecular complexity index is 799. The number of para-hydroxylation sites is 1. The van der Waals surface area contributed by atoms with Gasteiger partial charge in [0.15, 0.2) is 0 Å². The molecule has 1 unspecified atom stereocenters. The van der Waals surface area contributed by atoms with Crippen molar-refractivity contribution in [2.45, 2.75) is 18.9 Å². The lowest BCUT2D eigenvalue weighted by molar-refractivity contribution is -0.274. The molecule has 1 aromatic carbocycles. The van der Waals surface area contributed by atoms with Crippen molar-refractivity contribution in [1.29, 1.82) is 0 Å². The summed E-state index contributed by atoms with van der Waals surface area (Å²) in [5, 5.41) is 7.64. The summed E-state index contributed by atoms with van der Waals surface area (Å²) < 4.78 is 52.1. The van der Waals surface area contributed by atoms with Gasteiger partial charge in [0.1, 0.15) is 11.9 Å². The molecule has 0 spiro atoms. The average Bonchev–Trinajstić information content (AvgIpc) is 3.09. The fraction of sp³-hybridized carbons (Fsp3) is 0.353. The van der Waals surface area contributed by atoms with Crippen LogP contribution in [0.4, 0.5) is 13.2 Å². The monoisotopic (exact) mass is 383 g/mol. The van der Waals surface area contributed by atoms with Gasteiger partial charge in [-0.3, -0.25) is 4.79 Å². The number of methoxy groups -OCH3 is 1. The van der Waals surface area contributed by atoms with E-state index in [1.165, 1.54) is 30.2 Å². The van der Waals surface area contributed by atoms with Crippen molar-refractivity contribution in [2.75, 3.05) is 20.2 Å². The first-order valence-corrected chi connectivity index (χ1v) is 8.04. The molecule has 0 saturated carbocycles. The molecule has 3 rings (SSSR count). The number of rotatable bonds is 5. The highest BCUT2D eigenvalue weighted by Crippen LogP contribution is 2.28. The van der Waals surface area contributed by atoms with Crippen LogP contribution < -0.4 is 14.2 Å². The molecule has 1 saturated heterocycles. The summed E-state index contributed by atoms with van der Waals surface area (Å²) in [6.07, 6.45) is -4.70. The van der Waals surface area contributed by atoms with E-state index in [4.69, 9.17) is 9.47 Å². The largest absolute Gasteiger partial charge is 0.573 e. The third kappa shape index (κ3) is 4.78. The number of alkyl halides is 3. The zero-order valence-electron chi connectivity index (χ0n) is 14.3. The summed E-state index contributed by atoms with van der Waals surface area (Å²) in [4.78, 5) is 14.0. The Morgan fingerprint density at radius 1 is 1.15 bits per heavy atom. The van der Waals surface area contributed by atoms with Crippen LogP contribution in [-0.4, -0.2) is 53.7 Å². The highest BCUT2D eigenvalue weighted by molar-refractivity contribution is 5.97. The minimum atomic E-state index is -4.87. The first-order valence-electron chi connectivity index (χ1n) is 8.04. The Labute approximate surface area is 152 Å². The maximum absolute atomic E-state index is 12.6. The van der Waals surface area contributed by atoms with Crippen LogP contribution in [0.2, 0.25) is 0 Å². The molecule has 1 fully saturated rings. The molecule has 1 amide bonds. The van der Waals surface area contributed by atoms with Gasteiger partial charge in [0.2, 0.25) is 11.8 Å². The van der Waals surface area contributed by atoms with E-state index >= 15 is 0 Å². The number of halogens is 3. The van der Waals surface area contributed by atoms with Gasteiger partial charge in [-0.25, -0.2) is 0 Å². The quantitative estimate of drug-likeness (QED) is 0.791. The van der Waals surface area contributed by atoms with Crippen molar-refractivity contribution in [3.05, 3.63) is 42.0 Å². The predicted octanol–water partition coefficient (Wildman–Crippen LogP) is 2.68. The third-order valence-electron chi connectivity index (χ3n) is 3.89. The molecule has 0 aliphatic carbocycles. The SMILES string of the molecule is COc1ccc(OC2CCN(C(=O)c3ccccc3OC(F)(F)F)C2)nn1. The Kier molecular flexibility index (Phi) is 5.33. The van der Waals surface area contributed by atoms with Gasteiger partial charge in [0.05, 0.1) is 19.2 Å². The summed E-state index contributed by atoms with van der Waals surface area (Å²) >= 11 is 0. The second-order valence-electron chi connectivity index (χ2n) is 5.74. The molecule has 0 radical (unpaired) electrons. The highest BCUT2D eigenvalue weighted by Gasteiger charge is 2.35. The fourth-order valence-electron chi connectivity index (χ4n) is 2.69. The van der Waals surface area contributed by atoms with Crippen LogP contribution in [0.25, 0.3) is 0 Å². The fourth-order valence-corrected chi connectivity index (χ4v) is 2.69. The second kappa shape index (κ2) is 7.68. The molecule has 1 aliphatic heterocycles. The zero-order chi connectivity index (χ0) is 19.4. The van der Waals surface area contributed by atoms with E-state index in [1.807, 2.05) is 0 Å². The maximum Gasteiger partial charge on any atom is 0.573 e. The molecule has 0 bridgehead atoms. The predicted molar refractivity (Wildman–Crippen MR) is 86.6 cm³/mol. The number of likely N-dealkylation sites (tertiary alicyclic amines) is 1.